The lowest BCUT2D eigenvalue weighted by Gasteiger charge is -2.14. The number of hydrogen-bond acceptors (Lipinski definition) is 6. The quantitative estimate of drug-likeness (QED) is 0.264. The predicted octanol–water partition coefficient (Wildman–Crippen LogP) is 5.72. The number of anilines is 2. The third-order valence-corrected chi connectivity index (χ3v) is 7.46. The summed E-state index contributed by atoms with van der Waals surface area (Å²) in [5.41, 5.74) is 4.23. The molecule has 0 atom stereocenters. The molecule has 7 nitrogen and oxygen atoms in total. The Labute approximate surface area is 222 Å². The minimum absolute atomic E-state index is 0.104. The van der Waals surface area contributed by atoms with E-state index in [1.807, 2.05) is 72.3 Å². The topological polar surface area (TPSA) is 72.8 Å². The molecule has 1 aromatic heterocycles. The molecule has 1 N–H and O–H groups in total. The van der Waals surface area contributed by atoms with Gasteiger partial charge in [0.1, 0.15) is 6.54 Å². The van der Waals surface area contributed by atoms with Crippen LogP contribution in [0.25, 0.3) is 17.0 Å². The number of aryl methyl sites for hydroxylation is 1. The van der Waals surface area contributed by atoms with Crippen LogP contribution in [-0.2, 0) is 16.1 Å². The zero-order valence-electron chi connectivity index (χ0n) is 19.8. The Bertz CT molecular complexity index is 1610. The van der Waals surface area contributed by atoms with E-state index in [0.717, 1.165) is 27.7 Å². The molecule has 0 radical (unpaired) electrons. The number of thiocarbonyl (C=S) groups is 1. The van der Waals surface area contributed by atoms with Crippen LogP contribution in [0.4, 0.5) is 11.4 Å². The van der Waals surface area contributed by atoms with Crippen molar-refractivity contribution in [3.63, 3.8) is 0 Å². The van der Waals surface area contributed by atoms with Gasteiger partial charge < -0.3 is 19.4 Å². The number of para-hydroxylation sites is 1. The first-order chi connectivity index (χ1) is 18.0. The molecular weight excluding hydrogens is 506 g/mol. The Morgan fingerprint density at radius 1 is 1.08 bits per heavy atom. The summed E-state index contributed by atoms with van der Waals surface area (Å²) in [5.74, 6) is 0.925. The van der Waals surface area contributed by atoms with Gasteiger partial charge in [0.15, 0.2) is 15.8 Å². The van der Waals surface area contributed by atoms with Crippen molar-refractivity contribution >= 4 is 68.5 Å². The largest absolute Gasteiger partial charge is 0.454 e. The summed E-state index contributed by atoms with van der Waals surface area (Å²) in [5, 5.41) is 3.86. The van der Waals surface area contributed by atoms with E-state index >= 15 is 0 Å². The summed E-state index contributed by atoms with van der Waals surface area (Å²) in [6.45, 7) is 2.28. The number of hydrogen-bond donors (Lipinski definition) is 1. The fourth-order valence-electron chi connectivity index (χ4n) is 4.38. The third-order valence-electron chi connectivity index (χ3n) is 6.16. The normalized spacial score (nSPS) is 15.7. The van der Waals surface area contributed by atoms with Crippen molar-refractivity contribution in [2.45, 2.75) is 13.5 Å². The van der Waals surface area contributed by atoms with Gasteiger partial charge in [0.05, 0.1) is 10.6 Å². The van der Waals surface area contributed by atoms with Gasteiger partial charge in [-0.3, -0.25) is 14.5 Å². The highest BCUT2D eigenvalue weighted by atomic mass is 32.2. The highest BCUT2D eigenvalue weighted by Gasteiger charge is 2.33. The van der Waals surface area contributed by atoms with Gasteiger partial charge in [-0.1, -0.05) is 59.9 Å². The minimum Gasteiger partial charge on any atom is -0.454 e. The van der Waals surface area contributed by atoms with Crippen molar-refractivity contribution in [2.24, 2.45) is 0 Å². The smallest absolute Gasteiger partial charge is 0.270 e. The molecule has 37 heavy (non-hydrogen) atoms. The number of aromatic nitrogens is 1. The van der Waals surface area contributed by atoms with E-state index in [4.69, 9.17) is 21.7 Å². The summed E-state index contributed by atoms with van der Waals surface area (Å²) in [4.78, 5) is 28.3. The second-order valence-corrected chi connectivity index (χ2v) is 10.4. The highest BCUT2D eigenvalue weighted by Crippen LogP contribution is 2.37. The van der Waals surface area contributed by atoms with Crippen molar-refractivity contribution < 1.29 is 19.1 Å². The van der Waals surface area contributed by atoms with Crippen LogP contribution in [0.15, 0.2) is 77.8 Å². The molecule has 6 rings (SSSR count). The number of nitrogens with one attached hydrogen (secondary N) is 1. The van der Waals surface area contributed by atoms with E-state index in [1.54, 1.807) is 23.1 Å². The summed E-state index contributed by atoms with van der Waals surface area (Å²) >= 11 is 6.81. The van der Waals surface area contributed by atoms with Gasteiger partial charge in [0.2, 0.25) is 12.7 Å². The van der Waals surface area contributed by atoms with Crippen LogP contribution in [0.1, 0.15) is 11.1 Å². The van der Waals surface area contributed by atoms with Crippen LogP contribution in [0.2, 0.25) is 0 Å². The molecule has 0 spiro atoms. The first-order valence-electron chi connectivity index (χ1n) is 11.6. The number of rotatable bonds is 5. The van der Waals surface area contributed by atoms with E-state index in [9.17, 15) is 9.59 Å². The molecule has 2 aliphatic heterocycles. The molecule has 184 valence electrons. The molecule has 0 bridgehead atoms. The third kappa shape index (κ3) is 4.47. The maximum Gasteiger partial charge on any atom is 0.270 e. The lowest BCUT2D eigenvalue weighted by molar-refractivity contribution is -0.116. The average molecular weight is 528 g/mol. The number of amides is 2. The number of nitrogens with zero attached hydrogens (tertiary/aromatic N) is 2. The van der Waals surface area contributed by atoms with Gasteiger partial charge in [-0.15, -0.1) is 0 Å². The maximum atomic E-state index is 13.3. The van der Waals surface area contributed by atoms with Gasteiger partial charge >= 0.3 is 0 Å². The SMILES string of the molecule is Cc1ccc(N2C(=O)/C(=C\c3cn(CC(=O)Nc4ccc5c(c4)OCO5)c4ccccc34)SC2=S)cc1. The maximum absolute atomic E-state index is 13.3. The summed E-state index contributed by atoms with van der Waals surface area (Å²) in [7, 11) is 0. The Hall–Kier alpha value is -4.08. The number of fused-ring (bicyclic) bond motifs is 2. The monoisotopic (exact) mass is 527 g/mol. The second-order valence-electron chi connectivity index (χ2n) is 8.70. The standard InChI is InChI=1S/C28H21N3O4S2/c1-17-6-9-20(10-7-17)31-27(33)25(37-28(31)36)12-18-14-30(22-5-3-2-4-21(18)22)15-26(32)29-19-8-11-23-24(13-19)35-16-34-23/h2-14H,15-16H2,1H3,(H,29,32)/b25-12+. The highest BCUT2D eigenvalue weighted by molar-refractivity contribution is 8.27. The van der Waals surface area contributed by atoms with Gasteiger partial charge in [-0.25, -0.2) is 0 Å². The Kier molecular flexibility index (Phi) is 5.94. The zero-order chi connectivity index (χ0) is 25.5. The first-order valence-corrected chi connectivity index (χ1v) is 12.8. The second kappa shape index (κ2) is 9.42. The molecule has 9 heteroatoms. The molecule has 3 heterocycles. The van der Waals surface area contributed by atoms with Crippen molar-refractivity contribution in [3.05, 3.63) is 89.0 Å². The molecule has 1 fully saturated rings. The Morgan fingerprint density at radius 3 is 2.70 bits per heavy atom. The molecule has 2 amide bonds. The van der Waals surface area contributed by atoms with E-state index < -0.39 is 0 Å². The Balaban J connectivity index is 1.26. The lowest BCUT2D eigenvalue weighted by atomic mass is 10.1. The molecule has 0 unspecified atom stereocenters. The summed E-state index contributed by atoms with van der Waals surface area (Å²) < 4.78 is 13.1. The number of benzene rings is 3. The lowest BCUT2D eigenvalue weighted by Crippen LogP contribution is -2.27. The summed E-state index contributed by atoms with van der Waals surface area (Å²) in [6.07, 6.45) is 3.74. The van der Waals surface area contributed by atoms with E-state index in [2.05, 4.69) is 5.32 Å². The fraction of sp³-hybridized carbons (Fsp3) is 0.107. The van der Waals surface area contributed by atoms with Crippen molar-refractivity contribution in [1.29, 1.82) is 0 Å². The summed E-state index contributed by atoms with van der Waals surface area (Å²) in [6, 6.07) is 20.8. The molecular formula is C28H21N3O4S2. The van der Waals surface area contributed by atoms with Crippen LogP contribution < -0.4 is 19.7 Å². The number of carbonyl (C=O) groups excluding carboxylic acids is 2. The predicted molar refractivity (Wildman–Crippen MR) is 150 cm³/mol. The first kappa shape index (κ1) is 23.3. The molecule has 0 aliphatic carbocycles. The van der Waals surface area contributed by atoms with Gasteiger partial charge in [0.25, 0.3) is 5.91 Å². The molecule has 1 saturated heterocycles. The van der Waals surface area contributed by atoms with Crippen LogP contribution >= 0.6 is 24.0 Å². The van der Waals surface area contributed by atoms with Crippen molar-refractivity contribution in [1.82, 2.24) is 4.57 Å². The van der Waals surface area contributed by atoms with Crippen LogP contribution in [0.3, 0.4) is 0 Å². The van der Waals surface area contributed by atoms with E-state index in [-0.39, 0.29) is 25.2 Å². The van der Waals surface area contributed by atoms with E-state index in [0.29, 0.717) is 26.4 Å². The van der Waals surface area contributed by atoms with E-state index in [1.165, 1.54) is 11.8 Å². The average Bonchev–Trinajstić information content (AvgIpc) is 3.56. The fourth-order valence-corrected chi connectivity index (χ4v) is 5.67. The number of carbonyl (C=O) groups is 2. The van der Waals surface area contributed by atoms with Crippen molar-refractivity contribution in [3.8, 4) is 11.5 Å². The van der Waals surface area contributed by atoms with Crippen LogP contribution in [-0.4, -0.2) is 27.5 Å². The van der Waals surface area contributed by atoms with Crippen LogP contribution in [0.5, 0.6) is 11.5 Å². The Morgan fingerprint density at radius 2 is 1.86 bits per heavy atom. The molecule has 4 aromatic rings. The molecule has 3 aromatic carbocycles. The van der Waals surface area contributed by atoms with Gasteiger partial charge in [-0.05, 0) is 43.3 Å². The van der Waals surface area contributed by atoms with Crippen LogP contribution in [0, 0.1) is 6.92 Å². The molecule has 0 saturated carbocycles. The number of ether oxygens (including phenoxy) is 2. The molecule has 2 aliphatic rings. The van der Waals surface area contributed by atoms with Gasteiger partial charge in [-0.2, -0.15) is 0 Å². The minimum atomic E-state index is -0.183. The van der Waals surface area contributed by atoms with Crippen molar-refractivity contribution in [2.75, 3.05) is 17.0 Å². The zero-order valence-corrected chi connectivity index (χ0v) is 21.4. The van der Waals surface area contributed by atoms with Gasteiger partial charge in [0, 0.05) is 34.4 Å². The number of thioether (sulfide) groups is 1.